The fourth-order valence-electron chi connectivity index (χ4n) is 2.54. The number of carboxylic acid groups (broad SMARTS) is 1. The van der Waals surface area contributed by atoms with Gasteiger partial charge < -0.3 is 15.0 Å². The minimum absolute atomic E-state index is 0.0859. The SMILES string of the molecule is CC1CCCN(C(=O)c2cc[nH]c(=O)c2)C1C(=O)O. The summed E-state index contributed by atoms with van der Waals surface area (Å²) < 4.78 is 0. The van der Waals surface area contributed by atoms with E-state index in [1.165, 1.54) is 23.2 Å². The fourth-order valence-corrected chi connectivity index (χ4v) is 2.54. The van der Waals surface area contributed by atoms with Crippen LogP contribution in [0, 0.1) is 5.92 Å². The van der Waals surface area contributed by atoms with Gasteiger partial charge in [-0.1, -0.05) is 6.92 Å². The Morgan fingerprint density at radius 1 is 1.47 bits per heavy atom. The topological polar surface area (TPSA) is 90.5 Å². The molecule has 0 aromatic carbocycles. The molecule has 0 aliphatic carbocycles. The van der Waals surface area contributed by atoms with Gasteiger partial charge in [-0.3, -0.25) is 9.59 Å². The number of nitrogens with zero attached hydrogens (tertiary/aromatic N) is 1. The van der Waals surface area contributed by atoms with Gasteiger partial charge in [0.1, 0.15) is 6.04 Å². The third-order valence-corrected chi connectivity index (χ3v) is 3.47. The van der Waals surface area contributed by atoms with Crippen molar-refractivity contribution in [2.75, 3.05) is 6.54 Å². The number of carboxylic acids is 1. The molecule has 1 saturated heterocycles. The molecular formula is C13H16N2O4. The standard InChI is InChI=1S/C13H16N2O4/c1-8-3-2-6-15(11(8)13(18)19)12(17)9-4-5-14-10(16)7-9/h4-5,7-8,11H,2-3,6H2,1H3,(H,14,16)(H,18,19). The minimum atomic E-state index is -0.995. The maximum Gasteiger partial charge on any atom is 0.326 e. The highest BCUT2D eigenvalue weighted by molar-refractivity contribution is 5.96. The molecule has 0 radical (unpaired) electrons. The zero-order valence-electron chi connectivity index (χ0n) is 10.6. The molecule has 1 aliphatic rings. The Hall–Kier alpha value is -2.11. The number of rotatable bonds is 2. The summed E-state index contributed by atoms with van der Waals surface area (Å²) in [6.07, 6.45) is 2.95. The quantitative estimate of drug-likeness (QED) is 0.822. The van der Waals surface area contributed by atoms with Crippen molar-refractivity contribution in [3.05, 3.63) is 34.2 Å². The van der Waals surface area contributed by atoms with Gasteiger partial charge >= 0.3 is 5.97 Å². The van der Waals surface area contributed by atoms with E-state index in [1.54, 1.807) is 0 Å². The van der Waals surface area contributed by atoms with Crippen molar-refractivity contribution in [1.82, 2.24) is 9.88 Å². The van der Waals surface area contributed by atoms with Crippen LogP contribution in [0.5, 0.6) is 0 Å². The number of carbonyl (C=O) groups excluding carboxylic acids is 1. The van der Waals surface area contributed by atoms with Crippen LogP contribution in [-0.4, -0.2) is 39.5 Å². The van der Waals surface area contributed by atoms with Crippen molar-refractivity contribution in [2.45, 2.75) is 25.8 Å². The van der Waals surface area contributed by atoms with E-state index in [4.69, 9.17) is 0 Å². The Balaban J connectivity index is 2.30. The Kier molecular flexibility index (Phi) is 3.69. The average molecular weight is 264 g/mol. The van der Waals surface area contributed by atoms with Gasteiger partial charge in [-0.05, 0) is 24.8 Å². The Morgan fingerprint density at radius 2 is 2.21 bits per heavy atom. The number of carbonyl (C=O) groups is 2. The normalized spacial score (nSPS) is 23.1. The van der Waals surface area contributed by atoms with E-state index in [2.05, 4.69) is 4.98 Å². The van der Waals surface area contributed by atoms with Gasteiger partial charge in [0, 0.05) is 24.4 Å². The largest absolute Gasteiger partial charge is 0.480 e. The molecule has 102 valence electrons. The summed E-state index contributed by atoms with van der Waals surface area (Å²) in [6.45, 7) is 2.24. The van der Waals surface area contributed by atoms with E-state index in [-0.39, 0.29) is 17.0 Å². The lowest BCUT2D eigenvalue weighted by molar-refractivity contribution is -0.145. The zero-order chi connectivity index (χ0) is 14.0. The Morgan fingerprint density at radius 3 is 2.84 bits per heavy atom. The van der Waals surface area contributed by atoms with Gasteiger partial charge in [0.15, 0.2) is 0 Å². The number of piperidine rings is 1. The maximum absolute atomic E-state index is 12.3. The lowest BCUT2D eigenvalue weighted by atomic mass is 9.90. The van der Waals surface area contributed by atoms with Gasteiger partial charge in [0.05, 0.1) is 0 Å². The number of aliphatic carboxylic acids is 1. The first-order valence-corrected chi connectivity index (χ1v) is 6.23. The summed E-state index contributed by atoms with van der Waals surface area (Å²) in [5.41, 5.74) is -0.146. The molecule has 6 nitrogen and oxygen atoms in total. The van der Waals surface area contributed by atoms with E-state index >= 15 is 0 Å². The van der Waals surface area contributed by atoms with Crippen LogP contribution in [0.3, 0.4) is 0 Å². The molecule has 0 spiro atoms. The Labute approximate surface area is 110 Å². The number of pyridine rings is 1. The smallest absolute Gasteiger partial charge is 0.326 e. The van der Waals surface area contributed by atoms with Crippen molar-refractivity contribution in [1.29, 1.82) is 0 Å². The fraction of sp³-hybridized carbons (Fsp3) is 0.462. The average Bonchev–Trinajstić information content (AvgIpc) is 2.37. The van der Waals surface area contributed by atoms with Crippen LogP contribution in [0.25, 0.3) is 0 Å². The number of aromatic amines is 1. The summed E-state index contributed by atoms with van der Waals surface area (Å²) >= 11 is 0. The van der Waals surface area contributed by atoms with Crippen LogP contribution in [0.2, 0.25) is 0 Å². The third kappa shape index (κ3) is 2.67. The second-order valence-electron chi connectivity index (χ2n) is 4.84. The molecule has 2 atom stereocenters. The lowest BCUT2D eigenvalue weighted by Gasteiger charge is -2.37. The van der Waals surface area contributed by atoms with E-state index in [9.17, 15) is 19.5 Å². The number of nitrogens with one attached hydrogen (secondary N) is 1. The molecule has 0 bridgehead atoms. The summed E-state index contributed by atoms with van der Waals surface area (Å²) in [5.74, 6) is -1.48. The molecular weight excluding hydrogens is 248 g/mol. The number of hydrogen-bond donors (Lipinski definition) is 2. The number of aromatic nitrogens is 1. The molecule has 19 heavy (non-hydrogen) atoms. The van der Waals surface area contributed by atoms with Crippen LogP contribution in [0.15, 0.2) is 23.1 Å². The van der Waals surface area contributed by atoms with E-state index < -0.39 is 17.9 Å². The first-order valence-electron chi connectivity index (χ1n) is 6.23. The molecule has 1 fully saturated rings. The van der Waals surface area contributed by atoms with Crippen LogP contribution >= 0.6 is 0 Å². The van der Waals surface area contributed by atoms with E-state index in [0.717, 1.165) is 12.8 Å². The Bertz CT molecular complexity index is 552. The highest BCUT2D eigenvalue weighted by Gasteiger charge is 2.37. The molecule has 0 saturated carbocycles. The highest BCUT2D eigenvalue weighted by Crippen LogP contribution is 2.24. The monoisotopic (exact) mass is 264 g/mol. The summed E-state index contributed by atoms with van der Waals surface area (Å²) in [6, 6.07) is 1.86. The van der Waals surface area contributed by atoms with Gasteiger partial charge in [0.25, 0.3) is 5.91 Å². The van der Waals surface area contributed by atoms with Gasteiger partial charge in [0.2, 0.25) is 5.56 Å². The summed E-state index contributed by atoms with van der Waals surface area (Å²) in [7, 11) is 0. The molecule has 2 N–H and O–H groups in total. The molecule has 6 heteroatoms. The van der Waals surface area contributed by atoms with Crippen molar-refractivity contribution in [2.24, 2.45) is 5.92 Å². The highest BCUT2D eigenvalue weighted by atomic mass is 16.4. The first kappa shape index (κ1) is 13.3. The maximum atomic E-state index is 12.3. The van der Waals surface area contributed by atoms with Gasteiger partial charge in [-0.15, -0.1) is 0 Å². The van der Waals surface area contributed by atoms with Gasteiger partial charge in [-0.2, -0.15) is 0 Å². The van der Waals surface area contributed by atoms with Crippen molar-refractivity contribution >= 4 is 11.9 Å². The second kappa shape index (κ2) is 5.26. The molecule has 1 aromatic rings. The van der Waals surface area contributed by atoms with E-state index in [0.29, 0.717) is 6.54 Å². The number of hydrogen-bond acceptors (Lipinski definition) is 3. The first-order chi connectivity index (χ1) is 9.00. The molecule has 1 aromatic heterocycles. The molecule has 2 unspecified atom stereocenters. The van der Waals surface area contributed by atoms with Crippen LogP contribution in [0.4, 0.5) is 0 Å². The predicted octanol–water partition coefficient (Wildman–Crippen LogP) is 0.700. The van der Waals surface area contributed by atoms with Gasteiger partial charge in [-0.25, -0.2) is 4.79 Å². The number of likely N-dealkylation sites (tertiary alicyclic amines) is 1. The predicted molar refractivity (Wildman–Crippen MR) is 67.9 cm³/mol. The number of H-pyrrole nitrogens is 1. The zero-order valence-corrected chi connectivity index (χ0v) is 10.6. The van der Waals surface area contributed by atoms with Crippen molar-refractivity contribution in [3.63, 3.8) is 0 Å². The minimum Gasteiger partial charge on any atom is -0.480 e. The molecule has 1 aliphatic heterocycles. The second-order valence-corrected chi connectivity index (χ2v) is 4.84. The molecule has 2 heterocycles. The van der Waals surface area contributed by atoms with Crippen molar-refractivity contribution < 1.29 is 14.7 Å². The van der Waals surface area contributed by atoms with Crippen molar-refractivity contribution in [3.8, 4) is 0 Å². The lowest BCUT2D eigenvalue weighted by Crippen LogP contribution is -2.52. The molecule has 2 rings (SSSR count). The van der Waals surface area contributed by atoms with E-state index in [1.807, 2.05) is 6.92 Å². The summed E-state index contributed by atoms with van der Waals surface area (Å²) in [4.78, 5) is 38.6. The number of amides is 1. The van der Waals surface area contributed by atoms with Crippen LogP contribution in [-0.2, 0) is 4.79 Å². The van der Waals surface area contributed by atoms with Crippen LogP contribution < -0.4 is 5.56 Å². The van der Waals surface area contributed by atoms with Crippen LogP contribution in [0.1, 0.15) is 30.1 Å². The summed E-state index contributed by atoms with van der Waals surface area (Å²) in [5, 5.41) is 9.27. The third-order valence-electron chi connectivity index (χ3n) is 3.47. The molecule has 1 amide bonds.